The maximum atomic E-state index is 13.0. The van der Waals surface area contributed by atoms with Crippen LogP contribution < -0.4 is 5.32 Å². The first-order valence-corrected chi connectivity index (χ1v) is 10.1. The van der Waals surface area contributed by atoms with Crippen molar-refractivity contribution in [2.24, 2.45) is 0 Å². The van der Waals surface area contributed by atoms with Crippen molar-refractivity contribution in [3.63, 3.8) is 0 Å². The highest BCUT2D eigenvalue weighted by Crippen LogP contribution is 2.32. The van der Waals surface area contributed by atoms with E-state index in [1.807, 2.05) is 37.3 Å². The Morgan fingerprint density at radius 3 is 2.48 bits per heavy atom. The van der Waals surface area contributed by atoms with E-state index in [4.69, 9.17) is 0 Å². The van der Waals surface area contributed by atoms with E-state index in [1.165, 1.54) is 24.3 Å². The monoisotopic (exact) mass is 412 g/mol. The fourth-order valence-corrected chi connectivity index (χ4v) is 3.94. The Kier molecular flexibility index (Phi) is 6.82. The Labute approximate surface area is 173 Å². The zero-order valence-electron chi connectivity index (χ0n) is 15.9. The number of amides is 3. The lowest BCUT2D eigenvalue weighted by atomic mass is 9.96. The van der Waals surface area contributed by atoms with Gasteiger partial charge in [-0.15, -0.1) is 0 Å². The van der Waals surface area contributed by atoms with Gasteiger partial charge in [0.05, 0.1) is 10.8 Å². The first-order valence-electron chi connectivity index (χ1n) is 9.33. The van der Waals surface area contributed by atoms with E-state index in [0.717, 1.165) is 22.2 Å². The van der Waals surface area contributed by atoms with Crippen LogP contribution in [0.25, 0.3) is 6.08 Å². The minimum atomic E-state index is -0.409. The van der Waals surface area contributed by atoms with Gasteiger partial charge in [-0.05, 0) is 47.5 Å². The number of rotatable bonds is 7. The molecule has 1 aliphatic rings. The Morgan fingerprint density at radius 2 is 1.83 bits per heavy atom. The Balaban J connectivity index is 1.58. The van der Waals surface area contributed by atoms with Crippen molar-refractivity contribution < 1.29 is 18.8 Å². The van der Waals surface area contributed by atoms with Gasteiger partial charge in [-0.2, -0.15) is 0 Å². The zero-order chi connectivity index (χ0) is 20.8. The molecule has 3 rings (SSSR count). The molecule has 29 heavy (non-hydrogen) atoms. The molecule has 0 bridgehead atoms. The summed E-state index contributed by atoms with van der Waals surface area (Å²) in [6.07, 6.45) is 2.21. The van der Waals surface area contributed by atoms with Gasteiger partial charge < -0.3 is 5.32 Å². The summed E-state index contributed by atoms with van der Waals surface area (Å²) in [6.45, 7) is 2.22. The number of benzene rings is 2. The lowest BCUT2D eigenvalue weighted by Crippen LogP contribution is -2.38. The highest BCUT2D eigenvalue weighted by Gasteiger charge is 2.34. The van der Waals surface area contributed by atoms with Gasteiger partial charge in [0.15, 0.2) is 0 Å². The van der Waals surface area contributed by atoms with Gasteiger partial charge in [0.2, 0.25) is 5.91 Å². The quantitative estimate of drug-likeness (QED) is 0.693. The number of carbonyl (C=O) groups excluding carboxylic acids is 3. The van der Waals surface area contributed by atoms with Crippen LogP contribution in [0.3, 0.4) is 0 Å². The summed E-state index contributed by atoms with van der Waals surface area (Å²) < 4.78 is 13.0. The molecule has 2 aromatic carbocycles. The number of imide groups is 1. The molecule has 1 N–H and O–H groups in total. The Hall–Kier alpha value is -2.93. The number of hydrogen-bond acceptors (Lipinski definition) is 4. The summed E-state index contributed by atoms with van der Waals surface area (Å²) in [6, 6.07) is 15.2. The number of thioether (sulfide) groups is 1. The van der Waals surface area contributed by atoms with Crippen LogP contribution in [0.1, 0.15) is 30.4 Å². The molecule has 150 valence electrons. The normalized spacial score (nSPS) is 16.3. The second-order valence-corrected chi connectivity index (χ2v) is 7.54. The summed E-state index contributed by atoms with van der Waals surface area (Å²) in [4.78, 5) is 38.6. The van der Waals surface area contributed by atoms with Gasteiger partial charge >= 0.3 is 0 Å². The van der Waals surface area contributed by atoms with E-state index in [-0.39, 0.29) is 40.9 Å². The number of hydrogen-bond donors (Lipinski definition) is 1. The van der Waals surface area contributed by atoms with E-state index in [9.17, 15) is 18.8 Å². The molecule has 0 spiro atoms. The molecule has 1 heterocycles. The molecule has 1 unspecified atom stereocenters. The number of halogens is 1. The van der Waals surface area contributed by atoms with Crippen molar-refractivity contribution in [3.8, 4) is 0 Å². The lowest BCUT2D eigenvalue weighted by molar-refractivity contribution is -0.125. The number of carbonyl (C=O) groups is 3. The van der Waals surface area contributed by atoms with E-state index in [1.54, 1.807) is 6.08 Å². The van der Waals surface area contributed by atoms with Gasteiger partial charge in [0, 0.05) is 13.1 Å². The van der Waals surface area contributed by atoms with E-state index in [0.29, 0.717) is 12.0 Å². The summed E-state index contributed by atoms with van der Waals surface area (Å²) in [5, 5.41) is 2.43. The topological polar surface area (TPSA) is 66.5 Å². The standard InChI is InChI=1S/C22H21FN2O3S/c1-2-18(16-6-4-3-5-7-16)20(26)24-12-13-25-21(27)19(29-22(25)28)14-15-8-10-17(23)11-9-15/h3-11,14,18H,2,12-13H2,1H3,(H,24,26)/b19-14+. The molecule has 5 nitrogen and oxygen atoms in total. The minimum Gasteiger partial charge on any atom is -0.354 e. The average molecular weight is 412 g/mol. The molecular weight excluding hydrogens is 391 g/mol. The summed E-state index contributed by atoms with van der Waals surface area (Å²) >= 11 is 0.839. The lowest BCUT2D eigenvalue weighted by Gasteiger charge is -2.17. The molecule has 1 fully saturated rings. The average Bonchev–Trinajstić information content (AvgIpc) is 2.98. The maximum absolute atomic E-state index is 13.0. The molecule has 2 aromatic rings. The van der Waals surface area contributed by atoms with Crippen LogP contribution >= 0.6 is 11.8 Å². The molecule has 1 saturated heterocycles. The second-order valence-electron chi connectivity index (χ2n) is 6.55. The largest absolute Gasteiger partial charge is 0.354 e. The molecule has 7 heteroatoms. The summed E-state index contributed by atoms with van der Waals surface area (Å²) in [5.41, 5.74) is 1.57. The second kappa shape index (κ2) is 9.52. The Morgan fingerprint density at radius 1 is 1.14 bits per heavy atom. The van der Waals surface area contributed by atoms with Crippen molar-refractivity contribution >= 4 is 34.9 Å². The zero-order valence-corrected chi connectivity index (χ0v) is 16.7. The highest BCUT2D eigenvalue weighted by molar-refractivity contribution is 8.18. The predicted octanol–water partition coefficient (Wildman–Crippen LogP) is 4.17. The molecular formula is C22H21FN2O3S. The number of nitrogens with one attached hydrogen (secondary N) is 1. The first kappa shape index (κ1) is 20.8. The van der Waals surface area contributed by atoms with Crippen molar-refractivity contribution in [3.05, 3.63) is 76.4 Å². The van der Waals surface area contributed by atoms with Crippen LogP contribution in [0.5, 0.6) is 0 Å². The van der Waals surface area contributed by atoms with Gasteiger partial charge in [-0.25, -0.2) is 4.39 Å². The van der Waals surface area contributed by atoms with Crippen molar-refractivity contribution in [1.29, 1.82) is 0 Å². The van der Waals surface area contributed by atoms with Gasteiger partial charge in [0.1, 0.15) is 5.82 Å². The van der Waals surface area contributed by atoms with Gasteiger partial charge in [-0.3, -0.25) is 19.3 Å². The highest BCUT2D eigenvalue weighted by atomic mass is 32.2. The Bertz CT molecular complexity index is 929. The van der Waals surface area contributed by atoms with Crippen molar-refractivity contribution in [2.75, 3.05) is 13.1 Å². The molecule has 3 amide bonds. The van der Waals surface area contributed by atoms with E-state index in [2.05, 4.69) is 5.32 Å². The van der Waals surface area contributed by atoms with Crippen LogP contribution in [-0.2, 0) is 9.59 Å². The van der Waals surface area contributed by atoms with E-state index < -0.39 is 5.91 Å². The predicted molar refractivity (Wildman–Crippen MR) is 112 cm³/mol. The van der Waals surface area contributed by atoms with Crippen LogP contribution in [-0.4, -0.2) is 35.0 Å². The first-order chi connectivity index (χ1) is 14.0. The number of nitrogens with zero attached hydrogens (tertiary/aromatic N) is 1. The fraction of sp³-hybridized carbons (Fsp3) is 0.227. The van der Waals surface area contributed by atoms with Crippen molar-refractivity contribution in [1.82, 2.24) is 10.2 Å². The van der Waals surface area contributed by atoms with Gasteiger partial charge in [0.25, 0.3) is 11.1 Å². The smallest absolute Gasteiger partial charge is 0.293 e. The SMILES string of the molecule is CCC(C(=O)NCCN1C(=O)S/C(=C/c2ccc(F)cc2)C1=O)c1ccccc1. The summed E-state index contributed by atoms with van der Waals surface area (Å²) in [7, 11) is 0. The van der Waals surface area contributed by atoms with Crippen LogP contribution in [0.2, 0.25) is 0 Å². The van der Waals surface area contributed by atoms with Gasteiger partial charge in [-0.1, -0.05) is 49.4 Å². The fourth-order valence-electron chi connectivity index (χ4n) is 3.08. The van der Waals surface area contributed by atoms with Crippen LogP contribution in [0, 0.1) is 5.82 Å². The van der Waals surface area contributed by atoms with Crippen LogP contribution in [0.15, 0.2) is 59.5 Å². The third kappa shape index (κ3) is 5.12. The molecule has 1 aliphatic heterocycles. The van der Waals surface area contributed by atoms with Crippen molar-refractivity contribution in [2.45, 2.75) is 19.3 Å². The molecule has 1 atom stereocenters. The maximum Gasteiger partial charge on any atom is 0.293 e. The molecule has 0 radical (unpaired) electrons. The summed E-state index contributed by atoms with van der Waals surface area (Å²) in [5.74, 6) is -1.18. The van der Waals surface area contributed by atoms with E-state index >= 15 is 0 Å². The third-order valence-electron chi connectivity index (χ3n) is 4.60. The molecule has 0 aromatic heterocycles. The minimum absolute atomic E-state index is 0.0996. The molecule has 0 saturated carbocycles. The molecule has 0 aliphatic carbocycles. The third-order valence-corrected chi connectivity index (χ3v) is 5.51. The van der Waals surface area contributed by atoms with Crippen LogP contribution in [0.4, 0.5) is 9.18 Å².